The first-order valence-electron chi connectivity index (χ1n) is 11.5. The van der Waals surface area contributed by atoms with Crippen molar-refractivity contribution in [3.05, 3.63) is 28.8 Å². The normalized spacial score (nSPS) is 20.7. The van der Waals surface area contributed by atoms with Gasteiger partial charge in [-0.25, -0.2) is 0 Å². The van der Waals surface area contributed by atoms with Gasteiger partial charge in [-0.1, -0.05) is 73.3 Å². The van der Waals surface area contributed by atoms with Crippen molar-refractivity contribution in [1.29, 1.82) is 0 Å². The highest BCUT2D eigenvalue weighted by atomic mass is 16.5. The van der Waals surface area contributed by atoms with Crippen LogP contribution in [0.2, 0.25) is 0 Å². The van der Waals surface area contributed by atoms with Crippen molar-refractivity contribution in [2.45, 2.75) is 129 Å². The molecule has 1 aromatic carbocycles. The summed E-state index contributed by atoms with van der Waals surface area (Å²) < 4.78 is 6.69. The summed E-state index contributed by atoms with van der Waals surface area (Å²) in [5.41, 5.74) is 4.83. The van der Waals surface area contributed by atoms with Crippen LogP contribution in [0.4, 0.5) is 0 Å². The maximum atomic E-state index is 6.69. The number of benzene rings is 1. The van der Waals surface area contributed by atoms with E-state index in [-0.39, 0.29) is 10.8 Å². The number of hydrogen-bond acceptors (Lipinski definition) is 1. The number of hydrogen-bond donors (Lipinski definition) is 0. The second-order valence-electron chi connectivity index (χ2n) is 11.1. The molecule has 1 heteroatoms. The topological polar surface area (TPSA) is 9.23 Å². The first kappa shape index (κ1) is 20.7. The summed E-state index contributed by atoms with van der Waals surface area (Å²) in [6.45, 7) is 14.1. The molecule has 0 amide bonds. The van der Waals surface area contributed by atoms with Crippen LogP contribution >= 0.6 is 0 Å². The van der Waals surface area contributed by atoms with Crippen molar-refractivity contribution in [3.8, 4) is 5.75 Å². The lowest BCUT2D eigenvalue weighted by Gasteiger charge is -2.34. The largest absolute Gasteiger partial charge is 0.490 e. The maximum absolute atomic E-state index is 6.69. The van der Waals surface area contributed by atoms with Crippen molar-refractivity contribution < 1.29 is 4.74 Å². The molecule has 0 unspecified atom stereocenters. The predicted octanol–water partition coefficient (Wildman–Crippen LogP) is 8.04. The van der Waals surface area contributed by atoms with Gasteiger partial charge >= 0.3 is 0 Å². The Hall–Kier alpha value is -0.980. The minimum atomic E-state index is 0.115. The summed E-state index contributed by atoms with van der Waals surface area (Å²) in [7, 11) is 0. The summed E-state index contributed by atoms with van der Waals surface area (Å²) in [6.07, 6.45) is 13.8. The molecule has 2 saturated carbocycles. The summed E-state index contributed by atoms with van der Waals surface area (Å²) in [5, 5.41) is 0. The van der Waals surface area contributed by atoms with Crippen molar-refractivity contribution >= 4 is 0 Å². The Kier molecular flexibility index (Phi) is 6.28. The van der Waals surface area contributed by atoms with E-state index < -0.39 is 0 Å². The highest BCUT2D eigenvalue weighted by Crippen LogP contribution is 2.44. The van der Waals surface area contributed by atoms with Crippen LogP contribution in [0.25, 0.3) is 0 Å². The second kappa shape index (κ2) is 8.18. The van der Waals surface area contributed by atoms with E-state index in [0.29, 0.717) is 6.10 Å². The van der Waals surface area contributed by atoms with Gasteiger partial charge in [-0.05, 0) is 78.0 Å². The lowest BCUT2D eigenvalue weighted by Crippen LogP contribution is -2.25. The monoisotopic (exact) mass is 370 g/mol. The molecule has 0 heterocycles. The van der Waals surface area contributed by atoms with Gasteiger partial charge in [0.15, 0.2) is 0 Å². The maximum Gasteiger partial charge on any atom is 0.123 e. The standard InChI is InChI=1S/C26H42O/c1-25(2,3)22-18-24(27-20-15-11-8-12-16-20)23(26(4,5)6)17-21(22)19-13-9-7-10-14-19/h17-20H,7-16H2,1-6H3. The molecule has 0 N–H and O–H groups in total. The molecular formula is C26H42O. The van der Waals surface area contributed by atoms with E-state index >= 15 is 0 Å². The van der Waals surface area contributed by atoms with Gasteiger partial charge in [-0.3, -0.25) is 0 Å². The van der Waals surface area contributed by atoms with Gasteiger partial charge in [0, 0.05) is 0 Å². The van der Waals surface area contributed by atoms with Gasteiger partial charge in [0.05, 0.1) is 6.10 Å². The molecule has 3 rings (SSSR count). The molecule has 1 aromatic rings. The smallest absolute Gasteiger partial charge is 0.123 e. The third kappa shape index (κ3) is 5.09. The molecule has 0 bridgehead atoms. The van der Waals surface area contributed by atoms with Crippen molar-refractivity contribution in [1.82, 2.24) is 0 Å². The van der Waals surface area contributed by atoms with E-state index in [9.17, 15) is 0 Å². The average Bonchev–Trinajstić information content (AvgIpc) is 2.61. The van der Waals surface area contributed by atoms with E-state index in [4.69, 9.17) is 4.74 Å². The molecule has 27 heavy (non-hydrogen) atoms. The van der Waals surface area contributed by atoms with Gasteiger partial charge in [-0.2, -0.15) is 0 Å². The fourth-order valence-electron chi connectivity index (χ4n) is 5.04. The Labute approximate surface area is 168 Å². The second-order valence-corrected chi connectivity index (χ2v) is 11.1. The van der Waals surface area contributed by atoms with Crippen LogP contribution in [-0.2, 0) is 10.8 Å². The number of rotatable bonds is 3. The lowest BCUT2D eigenvalue weighted by molar-refractivity contribution is 0.151. The molecule has 2 aliphatic rings. The van der Waals surface area contributed by atoms with Crippen LogP contribution in [0, 0.1) is 0 Å². The Balaban J connectivity index is 2.05. The average molecular weight is 371 g/mol. The highest BCUT2D eigenvalue weighted by Gasteiger charge is 2.30. The molecule has 0 aliphatic heterocycles. The van der Waals surface area contributed by atoms with Crippen LogP contribution < -0.4 is 4.74 Å². The molecule has 0 spiro atoms. The summed E-state index contributed by atoms with van der Waals surface area (Å²) >= 11 is 0. The molecule has 0 atom stereocenters. The van der Waals surface area contributed by atoms with Crippen LogP contribution in [-0.4, -0.2) is 6.10 Å². The molecule has 0 radical (unpaired) electrons. The van der Waals surface area contributed by atoms with Gasteiger partial charge < -0.3 is 4.74 Å². The van der Waals surface area contributed by atoms with Crippen LogP contribution in [0.15, 0.2) is 12.1 Å². The molecule has 0 saturated heterocycles. The Bertz CT molecular complexity index is 617. The molecule has 0 aromatic heterocycles. The zero-order valence-corrected chi connectivity index (χ0v) is 18.8. The minimum Gasteiger partial charge on any atom is -0.490 e. The lowest BCUT2D eigenvalue weighted by atomic mass is 9.73. The van der Waals surface area contributed by atoms with E-state index in [1.165, 1.54) is 81.1 Å². The van der Waals surface area contributed by atoms with Crippen molar-refractivity contribution in [2.24, 2.45) is 0 Å². The van der Waals surface area contributed by atoms with Crippen molar-refractivity contribution in [3.63, 3.8) is 0 Å². The van der Waals surface area contributed by atoms with Crippen molar-refractivity contribution in [2.75, 3.05) is 0 Å². The minimum absolute atomic E-state index is 0.115. The third-order valence-corrected chi connectivity index (χ3v) is 6.66. The predicted molar refractivity (Wildman–Crippen MR) is 117 cm³/mol. The van der Waals surface area contributed by atoms with E-state index in [0.717, 1.165) is 5.92 Å². The first-order valence-corrected chi connectivity index (χ1v) is 11.5. The van der Waals surface area contributed by atoms with Gasteiger partial charge in [0.2, 0.25) is 0 Å². The van der Waals surface area contributed by atoms with Gasteiger partial charge in [0.1, 0.15) is 5.75 Å². The first-order chi connectivity index (χ1) is 12.7. The zero-order chi connectivity index (χ0) is 19.7. The molecule has 2 fully saturated rings. The van der Waals surface area contributed by atoms with Crippen LogP contribution in [0.5, 0.6) is 5.75 Å². The van der Waals surface area contributed by atoms with E-state index in [1.807, 2.05) is 0 Å². The third-order valence-electron chi connectivity index (χ3n) is 6.66. The fraction of sp³-hybridized carbons (Fsp3) is 0.769. The Morgan fingerprint density at radius 3 is 1.70 bits per heavy atom. The summed E-state index contributed by atoms with van der Waals surface area (Å²) in [6, 6.07) is 4.99. The zero-order valence-electron chi connectivity index (χ0n) is 18.8. The van der Waals surface area contributed by atoms with Gasteiger partial charge in [-0.15, -0.1) is 0 Å². The van der Waals surface area contributed by atoms with Gasteiger partial charge in [0.25, 0.3) is 0 Å². The fourth-order valence-corrected chi connectivity index (χ4v) is 5.04. The number of ether oxygens (including phenoxy) is 1. The molecule has 152 valence electrons. The summed E-state index contributed by atoms with van der Waals surface area (Å²) in [5.74, 6) is 1.90. The molecule has 1 nitrogen and oxygen atoms in total. The van der Waals surface area contributed by atoms with Crippen LogP contribution in [0.3, 0.4) is 0 Å². The SMILES string of the molecule is CC(C)(C)c1cc(C2CCCCC2)c(C(C)(C)C)cc1OC1CCCCC1. The van der Waals surface area contributed by atoms with E-state index in [1.54, 1.807) is 5.56 Å². The van der Waals surface area contributed by atoms with Crippen LogP contribution in [0.1, 0.15) is 128 Å². The molecule has 2 aliphatic carbocycles. The molecular weight excluding hydrogens is 328 g/mol. The Morgan fingerprint density at radius 2 is 1.19 bits per heavy atom. The summed E-state index contributed by atoms with van der Waals surface area (Å²) in [4.78, 5) is 0. The highest BCUT2D eigenvalue weighted by molar-refractivity contribution is 5.50. The van der Waals surface area contributed by atoms with E-state index in [2.05, 4.69) is 53.7 Å². The Morgan fingerprint density at radius 1 is 0.667 bits per heavy atom. The quantitative estimate of drug-likeness (QED) is 0.523.